The SMILES string of the molecule is O=C(O)c1oncc1-c1ccc(Cl)cc1. The van der Waals surface area contributed by atoms with E-state index >= 15 is 0 Å². The third-order valence-corrected chi connectivity index (χ3v) is 2.17. The number of carboxylic acids is 1. The van der Waals surface area contributed by atoms with Crippen molar-refractivity contribution in [2.45, 2.75) is 0 Å². The molecule has 0 aliphatic rings. The molecule has 1 heterocycles. The molecule has 0 aliphatic heterocycles. The molecule has 1 aromatic heterocycles. The summed E-state index contributed by atoms with van der Waals surface area (Å²) in [5, 5.41) is 12.9. The maximum Gasteiger partial charge on any atom is 0.375 e. The Morgan fingerprint density at radius 1 is 1.33 bits per heavy atom. The summed E-state index contributed by atoms with van der Waals surface area (Å²) < 4.78 is 4.63. The van der Waals surface area contributed by atoms with E-state index in [9.17, 15) is 4.79 Å². The Balaban J connectivity index is 2.49. The summed E-state index contributed by atoms with van der Waals surface area (Å²) in [5.74, 6) is -1.31. The Labute approximate surface area is 90.1 Å². The minimum Gasteiger partial charge on any atom is -0.475 e. The van der Waals surface area contributed by atoms with Gasteiger partial charge in [0.15, 0.2) is 0 Å². The lowest BCUT2D eigenvalue weighted by Crippen LogP contribution is -1.95. The number of hydrogen-bond acceptors (Lipinski definition) is 3. The Hall–Kier alpha value is -1.81. The van der Waals surface area contributed by atoms with Gasteiger partial charge in [-0.2, -0.15) is 0 Å². The molecule has 1 N–H and O–H groups in total. The van der Waals surface area contributed by atoms with Crippen molar-refractivity contribution in [1.82, 2.24) is 5.16 Å². The van der Waals surface area contributed by atoms with Gasteiger partial charge in [0.2, 0.25) is 0 Å². The van der Waals surface area contributed by atoms with Gasteiger partial charge >= 0.3 is 5.97 Å². The minimum absolute atomic E-state index is 0.169. The van der Waals surface area contributed by atoms with Crippen LogP contribution < -0.4 is 0 Å². The lowest BCUT2D eigenvalue weighted by atomic mass is 10.1. The highest BCUT2D eigenvalue weighted by atomic mass is 35.5. The first-order valence-corrected chi connectivity index (χ1v) is 4.50. The lowest BCUT2D eigenvalue weighted by Gasteiger charge is -1.97. The maximum atomic E-state index is 10.8. The summed E-state index contributed by atoms with van der Waals surface area (Å²) in [6.45, 7) is 0. The molecule has 0 saturated heterocycles. The molecule has 0 saturated carbocycles. The third kappa shape index (κ3) is 1.85. The van der Waals surface area contributed by atoms with Crippen LogP contribution in [0.1, 0.15) is 10.6 Å². The Bertz CT molecular complexity index is 490. The molecule has 2 rings (SSSR count). The van der Waals surface area contributed by atoms with Crippen molar-refractivity contribution in [2.75, 3.05) is 0 Å². The Morgan fingerprint density at radius 3 is 2.60 bits per heavy atom. The average molecular weight is 224 g/mol. The molecule has 0 aliphatic carbocycles. The molecular formula is C10H6ClNO3. The van der Waals surface area contributed by atoms with Crippen LogP contribution in [0.4, 0.5) is 0 Å². The van der Waals surface area contributed by atoms with E-state index in [1.54, 1.807) is 24.3 Å². The van der Waals surface area contributed by atoms with E-state index in [2.05, 4.69) is 9.68 Å². The van der Waals surface area contributed by atoms with Crippen molar-refractivity contribution in [3.8, 4) is 11.1 Å². The van der Waals surface area contributed by atoms with Crippen molar-refractivity contribution in [3.05, 3.63) is 41.2 Å². The van der Waals surface area contributed by atoms with E-state index in [-0.39, 0.29) is 5.76 Å². The fraction of sp³-hybridized carbons (Fsp3) is 0. The maximum absolute atomic E-state index is 10.8. The van der Waals surface area contributed by atoms with E-state index in [0.29, 0.717) is 16.1 Å². The number of aromatic nitrogens is 1. The van der Waals surface area contributed by atoms with Crippen LogP contribution in [0.5, 0.6) is 0 Å². The number of nitrogens with zero attached hydrogens (tertiary/aromatic N) is 1. The van der Waals surface area contributed by atoms with Gasteiger partial charge in [-0.3, -0.25) is 0 Å². The summed E-state index contributed by atoms with van der Waals surface area (Å²) in [6, 6.07) is 6.77. The minimum atomic E-state index is -1.14. The molecule has 0 amide bonds. The topological polar surface area (TPSA) is 63.3 Å². The van der Waals surface area contributed by atoms with Gasteiger partial charge in [-0.1, -0.05) is 28.9 Å². The zero-order valence-corrected chi connectivity index (χ0v) is 8.23. The molecular weight excluding hydrogens is 218 g/mol. The fourth-order valence-electron chi connectivity index (χ4n) is 1.23. The van der Waals surface area contributed by atoms with E-state index in [4.69, 9.17) is 16.7 Å². The first-order chi connectivity index (χ1) is 7.18. The first-order valence-electron chi connectivity index (χ1n) is 4.12. The van der Waals surface area contributed by atoms with Gasteiger partial charge in [0.25, 0.3) is 5.76 Å². The van der Waals surface area contributed by atoms with Crippen molar-refractivity contribution >= 4 is 17.6 Å². The van der Waals surface area contributed by atoms with Crippen molar-refractivity contribution in [3.63, 3.8) is 0 Å². The van der Waals surface area contributed by atoms with Crippen LogP contribution in [0.2, 0.25) is 5.02 Å². The van der Waals surface area contributed by atoms with E-state index in [1.165, 1.54) is 6.20 Å². The third-order valence-electron chi connectivity index (χ3n) is 1.92. The molecule has 15 heavy (non-hydrogen) atoms. The molecule has 76 valence electrons. The molecule has 0 bridgehead atoms. The van der Waals surface area contributed by atoms with Gasteiger partial charge in [0.1, 0.15) is 0 Å². The largest absolute Gasteiger partial charge is 0.475 e. The summed E-state index contributed by atoms with van der Waals surface area (Å²) in [4.78, 5) is 10.8. The zero-order valence-electron chi connectivity index (χ0n) is 7.48. The quantitative estimate of drug-likeness (QED) is 0.850. The van der Waals surface area contributed by atoms with Gasteiger partial charge in [-0.15, -0.1) is 0 Å². The second kappa shape index (κ2) is 3.74. The molecule has 0 radical (unpaired) electrons. The standard InChI is InChI=1S/C10H6ClNO3/c11-7-3-1-6(2-4-7)8-5-12-15-9(8)10(13)14/h1-5H,(H,13,14). The van der Waals surface area contributed by atoms with Crippen LogP contribution in [0.25, 0.3) is 11.1 Å². The highest BCUT2D eigenvalue weighted by Crippen LogP contribution is 2.24. The first kappa shape index (κ1) is 9.73. The van der Waals surface area contributed by atoms with Crippen LogP contribution in [0, 0.1) is 0 Å². The summed E-state index contributed by atoms with van der Waals surface area (Å²) >= 11 is 5.72. The van der Waals surface area contributed by atoms with Gasteiger partial charge in [0, 0.05) is 5.02 Å². The predicted octanol–water partition coefficient (Wildman–Crippen LogP) is 2.69. The predicted molar refractivity (Wildman–Crippen MR) is 53.9 cm³/mol. The van der Waals surface area contributed by atoms with Gasteiger partial charge in [-0.05, 0) is 17.7 Å². The molecule has 1 aromatic carbocycles. The molecule has 0 fully saturated rings. The molecule has 0 spiro atoms. The van der Waals surface area contributed by atoms with E-state index in [0.717, 1.165) is 0 Å². The van der Waals surface area contributed by atoms with Crippen LogP contribution in [-0.4, -0.2) is 16.2 Å². The smallest absolute Gasteiger partial charge is 0.375 e. The summed E-state index contributed by atoms with van der Waals surface area (Å²) in [5.41, 5.74) is 1.15. The van der Waals surface area contributed by atoms with Crippen LogP contribution >= 0.6 is 11.6 Å². The summed E-state index contributed by atoms with van der Waals surface area (Å²) in [7, 11) is 0. The fourth-order valence-corrected chi connectivity index (χ4v) is 1.35. The van der Waals surface area contributed by atoms with Gasteiger partial charge < -0.3 is 9.63 Å². The van der Waals surface area contributed by atoms with E-state index < -0.39 is 5.97 Å². The molecule has 4 nitrogen and oxygen atoms in total. The molecule has 5 heteroatoms. The second-order valence-corrected chi connectivity index (χ2v) is 3.32. The van der Waals surface area contributed by atoms with Gasteiger partial charge in [-0.25, -0.2) is 4.79 Å². The van der Waals surface area contributed by atoms with Crippen molar-refractivity contribution in [2.24, 2.45) is 0 Å². The average Bonchev–Trinajstić information content (AvgIpc) is 2.67. The monoisotopic (exact) mass is 223 g/mol. The summed E-state index contributed by atoms with van der Waals surface area (Å²) in [6.07, 6.45) is 1.37. The molecule has 2 aromatic rings. The van der Waals surface area contributed by atoms with Crippen LogP contribution in [0.15, 0.2) is 35.0 Å². The zero-order chi connectivity index (χ0) is 10.8. The highest BCUT2D eigenvalue weighted by Gasteiger charge is 2.16. The number of benzene rings is 1. The molecule has 0 unspecified atom stereocenters. The normalized spacial score (nSPS) is 10.2. The van der Waals surface area contributed by atoms with E-state index in [1.807, 2.05) is 0 Å². The van der Waals surface area contributed by atoms with Crippen molar-refractivity contribution < 1.29 is 14.4 Å². The number of carbonyl (C=O) groups is 1. The number of carboxylic acid groups (broad SMARTS) is 1. The number of hydrogen-bond donors (Lipinski definition) is 1. The van der Waals surface area contributed by atoms with Crippen molar-refractivity contribution in [1.29, 1.82) is 0 Å². The Kier molecular flexibility index (Phi) is 2.43. The number of rotatable bonds is 2. The number of halogens is 1. The number of aromatic carboxylic acids is 1. The Morgan fingerprint density at radius 2 is 2.00 bits per heavy atom. The van der Waals surface area contributed by atoms with Gasteiger partial charge in [0.05, 0.1) is 11.8 Å². The van der Waals surface area contributed by atoms with Crippen LogP contribution in [-0.2, 0) is 0 Å². The van der Waals surface area contributed by atoms with Crippen LogP contribution in [0.3, 0.4) is 0 Å². The lowest BCUT2D eigenvalue weighted by molar-refractivity contribution is 0.0653. The molecule has 0 atom stereocenters. The second-order valence-electron chi connectivity index (χ2n) is 2.88. The highest BCUT2D eigenvalue weighted by molar-refractivity contribution is 6.30.